The number of Topliss-reactive ketones (excluding diaryl/α,β-unsaturated/α-hetero) is 1. The summed E-state index contributed by atoms with van der Waals surface area (Å²) in [5, 5.41) is 2.81. The molecule has 24 heavy (non-hydrogen) atoms. The summed E-state index contributed by atoms with van der Waals surface area (Å²) in [6.45, 7) is 1.96. The van der Waals surface area contributed by atoms with Gasteiger partial charge in [-0.1, -0.05) is 0 Å². The maximum atomic E-state index is 12.0. The first kappa shape index (κ1) is 16.1. The lowest BCUT2D eigenvalue weighted by molar-refractivity contribution is -0.116. The molecule has 0 fully saturated rings. The number of aryl methyl sites for hydroxylation is 1. The van der Waals surface area contributed by atoms with Gasteiger partial charge >= 0.3 is 0 Å². The number of carbonyl (C=O) groups is 2. The first-order valence-electron chi connectivity index (χ1n) is 7.60. The predicted octanol–water partition coefficient (Wildman–Crippen LogP) is 3.84. The van der Waals surface area contributed by atoms with Gasteiger partial charge in [0.25, 0.3) is 0 Å². The van der Waals surface area contributed by atoms with Crippen molar-refractivity contribution in [1.82, 2.24) is 9.55 Å². The SMILES string of the molecule is Cc1ccc(C(=O)CCC(=O)Nc2ccc(-n3ccnc3)cc2)s1. The molecule has 1 amide bonds. The number of rotatable bonds is 6. The molecule has 0 saturated heterocycles. The largest absolute Gasteiger partial charge is 0.326 e. The zero-order valence-corrected chi connectivity index (χ0v) is 14.0. The van der Waals surface area contributed by atoms with Crippen LogP contribution in [0.4, 0.5) is 5.69 Å². The van der Waals surface area contributed by atoms with Gasteiger partial charge in [-0.2, -0.15) is 0 Å². The van der Waals surface area contributed by atoms with Crippen LogP contribution in [0.5, 0.6) is 0 Å². The fraction of sp³-hybridized carbons (Fsp3) is 0.167. The fourth-order valence-electron chi connectivity index (χ4n) is 2.29. The Hall–Kier alpha value is -2.73. The van der Waals surface area contributed by atoms with Crippen LogP contribution in [0, 0.1) is 6.92 Å². The molecule has 1 N–H and O–H groups in total. The Morgan fingerprint density at radius 3 is 2.54 bits per heavy atom. The third-order valence-electron chi connectivity index (χ3n) is 3.55. The van der Waals surface area contributed by atoms with E-state index in [2.05, 4.69) is 10.3 Å². The van der Waals surface area contributed by atoms with Gasteiger partial charge < -0.3 is 9.88 Å². The van der Waals surface area contributed by atoms with E-state index in [9.17, 15) is 9.59 Å². The summed E-state index contributed by atoms with van der Waals surface area (Å²) < 4.78 is 1.88. The highest BCUT2D eigenvalue weighted by atomic mass is 32.1. The second-order valence-electron chi connectivity index (χ2n) is 5.40. The number of nitrogens with zero attached hydrogens (tertiary/aromatic N) is 2. The molecule has 0 aliphatic heterocycles. The van der Waals surface area contributed by atoms with Gasteiger partial charge in [-0.05, 0) is 43.3 Å². The number of ketones is 1. The third kappa shape index (κ3) is 3.97. The fourth-order valence-corrected chi connectivity index (χ4v) is 3.12. The summed E-state index contributed by atoms with van der Waals surface area (Å²) in [5.41, 5.74) is 1.68. The molecule has 3 rings (SSSR count). The molecule has 1 aromatic carbocycles. The molecule has 0 radical (unpaired) electrons. The Balaban J connectivity index is 1.52. The summed E-state index contributed by atoms with van der Waals surface area (Å²) in [4.78, 5) is 29.8. The van der Waals surface area contributed by atoms with Crippen LogP contribution in [0.2, 0.25) is 0 Å². The standard InChI is InChI=1S/C18H17N3O2S/c1-13-2-8-17(24-13)16(22)7-9-18(23)20-14-3-5-15(6-4-14)21-11-10-19-12-21/h2-6,8,10-12H,7,9H2,1H3,(H,20,23). The molecule has 5 nitrogen and oxygen atoms in total. The molecule has 0 spiro atoms. The topological polar surface area (TPSA) is 64.0 Å². The van der Waals surface area contributed by atoms with Crippen LogP contribution >= 0.6 is 11.3 Å². The number of carbonyl (C=O) groups excluding carboxylic acids is 2. The van der Waals surface area contributed by atoms with E-state index in [-0.39, 0.29) is 24.5 Å². The lowest BCUT2D eigenvalue weighted by Gasteiger charge is -2.07. The molecule has 2 heterocycles. The van der Waals surface area contributed by atoms with Gasteiger partial charge in [-0.15, -0.1) is 11.3 Å². The summed E-state index contributed by atoms with van der Waals surface area (Å²) >= 11 is 1.46. The number of benzene rings is 1. The summed E-state index contributed by atoms with van der Waals surface area (Å²) in [6.07, 6.45) is 5.68. The molecule has 0 bridgehead atoms. The summed E-state index contributed by atoms with van der Waals surface area (Å²) in [5.74, 6) is -0.147. The quantitative estimate of drug-likeness (QED) is 0.694. The van der Waals surface area contributed by atoms with E-state index >= 15 is 0 Å². The lowest BCUT2D eigenvalue weighted by Crippen LogP contribution is -2.13. The van der Waals surface area contributed by atoms with Gasteiger partial charge in [0.05, 0.1) is 11.2 Å². The molecule has 6 heteroatoms. The molecule has 0 aliphatic carbocycles. The van der Waals surface area contributed by atoms with Gasteiger partial charge in [0, 0.05) is 41.5 Å². The molecule has 2 aromatic heterocycles. The number of imidazole rings is 1. The number of hydrogen-bond donors (Lipinski definition) is 1. The molecule has 0 unspecified atom stereocenters. The van der Waals surface area contributed by atoms with Crippen molar-refractivity contribution in [1.29, 1.82) is 0 Å². The Kier molecular flexibility index (Phi) is 4.86. The average Bonchev–Trinajstić information content (AvgIpc) is 3.25. The van der Waals surface area contributed by atoms with Crippen molar-refractivity contribution in [2.24, 2.45) is 0 Å². The third-order valence-corrected chi connectivity index (χ3v) is 4.59. The predicted molar refractivity (Wildman–Crippen MR) is 94.8 cm³/mol. The molecule has 122 valence electrons. The van der Waals surface area contributed by atoms with E-state index in [0.29, 0.717) is 10.6 Å². The van der Waals surface area contributed by atoms with Crippen LogP contribution in [0.25, 0.3) is 5.69 Å². The first-order valence-corrected chi connectivity index (χ1v) is 8.41. The first-order chi connectivity index (χ1) is 11.6. The summed E-state index contributed by atoms with van der Waals surface area (Å²) in [6, 6.07) is 11.2. The van der Waals surface area contributed by atoms with E-state index in [1.54, 1.807) is 12.5 Å². The molecule has 0 aliphatic rings. The van der Waals surface area contributed by atoms with Crippen molar-refractivity contribution in [3.05, 3.63) is 64.9 Å². The van der Waals surface area contributed by atoms with E-state index in [1.165, 1.54) is 11.3 Å². The van der Waals surface area contributed by atoms with Crippen LogP contribution in [0.1, 0.15) is 27.4 Å². The Morgan fingerprint density at radius 2 is 1.92 bits per heavy atom. The number of aromatic nitrogens is 2. The van der Waals surface area contributed by atoms with Crippen molar-refractivity contribution in [3.8, 4) is 5.69 Å². The minimum absolute atomic E-state index is 0.0127. The van der Waals surface area contributed by atoms with Gasteiger partial charge in [-0.3, -0.25) is 9.59 Å². The van der Waals surface area contributed by atoms with Crippen molar-refractivity contribution < 1.29 is 9.59 Å². The Labute approximate surface area is 144 Å². The number of amides is 1. The Bertz CT molecular complexity index is 836. The molecule has 0 atom stereocenters. The van der Waals surface area contributed by atoms with Crippen LogP contribution < -0.4 is 5.32 Å². The van der Waals surface area contributed by atoms with Gasteiger partial charge in [0.15, 0.2) is 5.78 Å². The zero-order valence-electron chi connectivity index (χ0n) is 13.2. The number of anilines is 1. The maximum absolute atomic E-state index is 12.0. The van der Waals surface area contributed by atoms with Gasteiger partial charge in [-0.25, -0.2) is 4.98 Å². The Morgan fingerprint density at radius 1 is 1.12 bits per heavy atom. The van der Waals surface area contributed by atoms with E-state index in [4.69, 9.17) is 0 Å². The highest BCUT2D eigenvalue weighted by Crippen LogP contribution is 2.18. The van der Waals surface area contributed by atoms with Crippen molar-refractivity contribution in [3.63, 3.8) is 0 Å². The minimum Gasteiger partial charge on any atom is -0.326 e. The second kappa shape index (κ2) is 7.23. The van der Waals surface area contributed by atoms with Crippen molar-refractivity contribution >= 4 is 28.7 Å². The van der Waals surface area contributed by atoms with Gasteiger partial charge in [0.2, 0.25) is 5.91 Å². The summed E-state index contributed by atoms with van der Waals surface area (Å²) in [7, 11) is 0. The van der Waals surface area contributed by atoms with Crippen LogP contribution in [0.3, 0.4) is 0 Å². The second-order valence-corrected chi connectivity index (χ2v) is 6.69. The van der Waals surface area contributed by atoms with Gasteiger partial charge in [0.1, 0.15) is 0 Å². The smallest absolute Gasteiger partial charge is 0.224 e. The average molecular weight is 339 g/mol. The highest BCUT2D eigenvalue weighted by molar-refractivity contribution is 7.14. The zero-order chi connectivity index (χ0) is 16.9. The molecular formula is C18H17N3O2S. The van der Waals surface area contributed by atoms with Crippen molar-refractivity contribution in [2.45, 2.75) is 19.8 Å². The van der Waals surface area contributed by atoms with E-state index < -0.39 is 0 Å². The van der Waals surface area contributed by atoms with Crippen LogP contribution in [-0.2, 0) is 4.79 Å². The normalized spacial score (nSPS) is 10.5. The number of thiophene rings is 1. The van der Waals surface area contributed by atoms with E-state index in [0.717, 1.165) is 10.6 Å². The van der Waals surface area contributed by atoms with Crippen LogP contribution in [-0.4, -0.2) is 21.2 Å². The molecule has 3 aromatic rings. The maximum Gasteiger partial charge on any atom is 0.224 e. The highest BCUT2D eigenvalue weighted by Gasteiger charge is 2.11. The molecular weight excluding hydrogens is 322 g/mol. The monoisotopic (exact) mass is 339 g/mol. The van der Waals surface area contributed by atoms with Crippen molar-refractivity contribution in [2.75, 3.05) is 5.32 Å². The lowest BCUT2D eigenvalue weighted by atomic mass is 10.2. The number of nitrogens with one attached hydrogen (secondary N) is 1. The minimum atomic E-state index is -0.160. The van der Waals surface area contributed by atoms with E-state index in [1.807, 2.05) is 54.1 Å². The van der Waals surface area contributed by atoms with Crippen LogP contribution in [0.15, 0.2) is 55.1 Å². The number of hydrogen-bond acceptors (Lipinski definition) is 4. The molecule has 0 saturated carbocycles.